The van der Waals surface area contributed by atoms with Crippen molar-refractivity contribution < 1.29 is 14.0 Å². The predicted molar refractivity (Wildman–Crippen MR) is 164 cm³/mol. The molecule has 4 aliphatic carbocycles. The number of carbonyl (C=O) groups excluding carboxylic acids is 2. The van der Waals surface area contributed by atoms with Crippen LogP contribution in [-0.2, 0) is 17.9 Å². The average molecular weight is 570 g/mol. The number of urea groups is 1. The molecule has 4 aliphatic rings. The van der Waals surface area contributed by atoms with Crippen LogP contribution < -0.4 is 10.7 Å². The molecule has 4 fully saturated rings. The van der Waals surface area contributed by atoms with Gasteiger partial charge in [-0.15, -0.1) is 0 Å². The van der Waals surface area contributed by atoms with Crippen LogP contribution in [-0.4, -0.2) is 40.4 Å². The van der Waals surface area contributed by atoms with Crippen molar-refractivity contribution in [2.75, 3.05) is 13.1 Å². The molecule has 3 aromatic rings. The number of aryl methyl sites for hydroxylation is 1. The third-order valence-electron chi connectivity index (χ3n) is 9.73. The molecule has 4 saturated carbocycles. The van der Waals surface area contributed by atoms with Crippen molar-refractivity contribution in [2.24, 2.45) is 17.8 Å². The van der Waals surface area contributed by atoms with Gasteiger partial charge in [-0.25, -0.2) is 4.79 Å². The zero-order chi connectivity index (χ0) is 29.3. The van der Waals surface area contributed by atoms with E-state index < -0.39 is 0 Å². The van der Waals surface area contributed by atoms with Gasteiger partial charge in [-0.05, 0) is 87.3 Å². The van der Waals surface area contributed by atoms with Gasteiger partial charge in [-0.2, -0.15) is 0 Å². The zero-order valence-corrected chi connectivity index (χ0v) is 24.9. The summed E-state index contributed by atoms with van der Waals surface area (Å²) in [6.45, 7) is 4.98. The van der Waals surface area contributed by atoms with Crippen molar-refractivity contribution in [1.82, 2.24) is 15.1 Å². The largest absolute Gasteiger partial charge is 0.464 e. The summed E-state index contributed by atoms with van der Waals surface area (Å²) in [4.78, 5) is 44.6. The van der Waals surface area contributed by atoms with Gasteiger partial charge in [0, 0.05) is 18.6 Å². The maximum absolute atomic E-state index is 14.0. The molecule has 3 amide bonds. The Bertz CT molecular complexity index is 1460. The summed E-state index contributed by atoms with van der Waals surface area (Å²) in [5.41, 5.74) is 2.64. The minimum atomic E-state index is -0.181. The summed E-state index contributed by atoms with van der Waals surface area (Å²) in [5, 5.41) is 3.98. The summed E-state index contributed by atoms with van der Waals surface area (Å²) in [5.74, 6) is 1.99. The summed E-state index contributed by atoms with van der Waals surface area (Å²) in [6, 6.07) is 15.2. The number of nitrogens with one attached hydrogen (secondary N) is 1. The Balaban J connectivity index is 1.23. The van der Waals surface area contributed by atoms with Gasteiger partial charge in [-0.1, -0.05) is 55.3 Å². The maximum atomic E-state index is 14.0. The van der Waals surface area contributed by atoms with Crippen LogP contribution in [0.4, 0.5) is 4.79 Å². The fourth-order valence-electron chi connectivity index (χ4n) is 8.07. The molecule has 7 heteroatoms. The van der Waals surface area contributed by atoms with Crippen LogP contribution in [0, 0.1) is 24.7 Å². The van der Waals surface area contributed by atoms with Gasteiger partial charge in [0.1, 0.15) is 12.1 Å². The molecule has 222 valence electrons. The van der Waals surface area contributed by atoms with Crippen LogP contribution in [0.1, 0.15) is 75.0 Å². The highest BCUT2D eigenvalue weighted by atomic mass is 16.3. The van der Waals surface area contributed by atoms with Gasteiger partial charge in [0.05, 0.1) is 23.8 Å². The van der Waals surface area contributed by atoms with E-state index in [0.29, 0.717) is 29.6 Å². The topological polar surface area (TPSA) is 82.9 Å². The van der Waals surface area contributed by atoms with E-state index in [-0.39, 0.29) is 36.0 Å². The molecule has 7 nitrogen and oxygen atoms in total. The third-order valence-corrected chi connectivity index (χ3v) is 9.73. The Morgan fingerprint density at radius 1 is 0.952 bits per heavy atom. The first-order chi connectivity index (χ1) is 20.3. The van der Waals surface area contributed by atoms with E-state index >= 15 is 0 Å². The number of nitrogens with zero attached hydrogens (tertiary/aromatic N) is 2. The van der Waals surface area contributed by atoms with E-state index in [1.165, 1.54) is 25.5 Å². The number of benzene rings is 2. The molecular weight excluding hydrogens is 526 g/mol. The van der Waals surface area contributed by atoms with Crippen LogP contribution in [0.2, 0.25) is 0 Å². The number of carbonyl (C=O) groups is 2. The molecule has 42 heavy (non-hydrogen) atoms. The predicted octanol–water partition coefficient (Wildman–Crippen LogP) is 6.41. The van der Waals surface area contributed by atoms with Gasteiger partial charge in [0.15, 0.2) is 5.43 Å². The quantitative estimate of drug-likeness (QED) is 0.306. The molecule has 7 rings (SSSR count). The van der Waals surface area contributed by atoms with Crippen molar-refractivity contribution in [3.05, 3.63) is 81.7 Å². The molecule has 1 heterocycles. The Morgan fingerprint density at radius 3 is 2.31 bits per heavy atom. The second-order valence-corrected chi connectivity index (χ2v) is 13.2. The van der Waals surface area contributed by atoms with Gasteiger partial charge in [0.25, 0.3) is 0 Å². The third kappa shape index (κ3) is 6.11. The molecule has 2 aromatic carbocycles. The van der Waals surface area contributed by atoms with E-state index in [0.717, 1.165) is 61.0 Å². The number of unbranched alkanes of at least 4 members (excludes halogenated alkanes) is 1. The molecule has 1 aromatic heterocycles. The lowest BCUT2D eigenvalue weighted by Gasteiger charge is -2.57. The SMILES string of the molecule is CCCCN(CC(=O)N(Cc1ccccc1)Cc1coc2ccc(C)cc2c1=O)C(=O)NC12CC3CC(CC(C3)C1)C2. The van der Waals surface area contributed by atoms with Crippen molar-refractivity contribution >= 4 is 22.9 Å². The number of fused-ring (bicyclic) bond motifs is 1. The Kier molecular flexibility index (Phi) is 8.11. The average Bonchev–Trinajstić information content (AvgIpc) is 2.96. The molecule has 0 saturated heterocycles. The van der Waals surface area contributed by atoms with Crippen molar-refractivity contribution in [2.45, 2.75) is 83.8 Å². The van der Waals surface area contributed by atoms with Crippen LogP contribution in [0.3, 0.4) is 0 Å². The van der Waals surface area contributed by atoms with Crippen molar-refractivity contribution in [1.29, 1.82) is 0 Å². The molecule has 0 spiro atoms. The highest BCUT2D eigenvalue weighted by molar-refractivity contribution is 5.84. The second-order valence-electron chi connectivity index (χ2n) is 13.2. The van der Waals surface area contributed by atoms with E-state index in [4.69, 9.17) is 4.42 Å². The van der Waals surface area contributed by atoms with E-state index in [1.54, 1.807) is 15.9 Å². The van der Waals surface area contributed by atoms with Gasteiger partial charge >= 0.3 is 6.03 Å². The normalized spacial score (nSPS) is 24.1. The summed E-state index contributed by atoms with van der Waals surface area (Å²) < 4.78 is 5.80. The first-order valence-corrected chi connectivity index (χ1v) is 15.7. The fraction of sp³-hybridized carbons (Fsp3) is 0.514. The highest BCUT2D eigenvalue weighted by Gasteiger charge is 2.51. The minimum Gasteiger partial charge on any atom is -0.464 e. The van der Waals surface area contributed by atoms with Crippen LogP contribution in [0.5, 0.6) is 0 Å². The van der Waals surface area contributed by atoms with Crippen LogP contribution >= 0.6 is 0 Å². The number of hydrogen-bond acceptors (Lipinski definition) is 4. The summed E-state index contributed by atoms with van der Waals surface area (Å²) in [6.07, 6.45) is 10.4. The van der Waals surface area contributed by atoms with Gasteiger partial charge in [0.2, 0.25) is 5.91 Å². The number of rotatable bonds is 10. The Hall–Kier alpha value is -3.61. The van der Waals surface area contributed by atoms with Gasteiger partial charge in [-0.3, -0.25) is 9.59 Å². The maximum Gasteiger partial charge on any atom is 0.318 e. The van der Waals surface area contributed by atoms with E-state index in [1.807, 2.05) is 49.4 Å². The number of amides is 3. The minimum absolute atomic E-state index is 0.0247. The molecule has 0 atom stereocenters. The monoisotopic (exact) mass is 569 g/mol. The highest BCUT2D eigenvalue weighted by Crippen LogP contribution is 2.55. The number of hydrogen-bond donors (Lipinski definition) is 1. The Labute approximate surface area is 248 Å². The van der Waals surface area contributed by atoms with E-state index in [9.17, 15) is 14.4 Å². The van der Waals surface area contributed by atoms with Crippen molar-refractivity contribution in [3.8, 4) is 0 Å². The summed E-state index contributed by atoms with van der Waals surface area (Å²) in [7, 11) is 0. The smallest absolute Gasteiger partial charge is 0.318 e. The first-order valence-electron chi connectivity index (χ1n) is 15.7. The molecule has 0 unspecified atom stereocenters. The fourth-order valence-corrected chi connectivity index (χ4v) is 8.07. The molecule has 0 aliphatic heterocycles. The molecular formula is C35H43N3O4. The standard InChI is InChI=1S/C35H43N3O4/c1-3-4-12-37(34(41)36-35-17-26-14-27(18-35)16-28(15-26)19-35)22-32(39)38(20-25-8-6-5-7-9-25)21-29-23-42-31-11-10-24(2)13-30(31)33(29)40/h5-11,13,23,26-28H,3-4,12,14-22H2,1-2H3,(H,36,41). The van der Waals surface area contributed by atoms with Crippen molar-refractivity contribution in [3.63, 3.8) is 0 Å². The van der Waals surface area contributed by atoms with E-state index in [2.05, 4.69) is 12.2 Å². The Morgan fingerprint density at radius 2 is 1.64 bits per heavy atom. The van der Waals surface area contributed by atoms with Crippen LogP contribution in [0.25, 0.3) is 11.0 Å². The molecule has 0 radical (unpaired) electrons. The lowest BCUT2D eigenvalue weighted by molar-refractivity contribution is -0.133. The molecule has 4 bridgehead atoms. The lowest BCUT2D eigenvalue weighted by Crippen LogP contribution is -2.62. The summed E-state index contributed by atoms with van der Waals surface area (Å²) >= 11 is 0. The zero-order valence-electron chi connectivity index (χ0n) is 24.9. The molecule has 1 N–H and O–H groups in total. The van der Waals surface area contributed by atoms with Gasteiger partial charge < -0.3 is 19.5 Å². The first kappa shape index (κ1) is 28.5. The lowest BCUT2D eigenvalue weighted by atomic mass is 9.53. The van der Waals surface area contributed by atoms with Crippen LogP contribution in [0.15, 0.2) is 64.0 Å². The second kappa shape index (κ2) is 11.9.